The van der Waals surface area contributed by atoms with Gasteiger partial charge in [-0.15, -0.1) is 0 Å². The summed E-state index contributed by atoms with van der Waals surface area (Å²) in [6, 6.07) is 5.14. The molecule has 1 aromatic carbocycles. The minimum atomic E-state index is -3.86. The number of rotatable bonds is 4. The fourth-order valence-corrected chi connectivity index (χ4v) is 3.47. The van der Waals surface area contributed by atoms with Gasteiger partial charge in [0.25, 0.3) is 10.0 Å². The molecule has 2 aromatic rings. The van der Waals surface area contributed by atoms with Gasteiger partial charge in [0, 0.05) is 18.0 Å². The summed E-state index contributed by atoms with van der Waals surface area (Å²) in [6.45, 7) is 7.88. The van der Waals surface area contributed by atoms with Gasteiger partial charge in [-0.3, -0.25) is 0 Å². The van der Waals surface area contributed by atoms with E-state index in [0.29, 0.717) is 5.75 Å². The van der Waals surface area contributed by atoms with Crippen molar-refractivity contribution in [1.82, 2.24) is 9.97 Å². The minimum Gasteiger partial charge on any atom is -0.495 e. The molecule has 0 amide bonds. The highest BCUT2D eigenvalue weighted by Crippen LogP contribution is 2.37. The first kappa shape index (κ1) is 17.2. The van der Waals surface area contributed by atoms with Crippen LogP contribution in [0.5, 0.6) is 5.75 Å². The summed E-state index contributed by atoms with van der Waals surface area (Å²) in [6.07, 6.45) is 2.94. The highest BCUT2D eigenvalue weighted by molar-refractivity contribution is 7.92. The number of nitrogens with one attached hydrogen (secondary N) is 1. The molecule has 124 valence electrons. The van der Waals surface area contributed by atoms with Crippen LogP contribution in [0.25, 0.3) is 0 Å². The van der Waals surface area contributed by atoms with Crippen LogP contribution in [0, 0.1) is 6.92 Å². The van der Waals surface area contributed by atoms with Crippen LogP contribution in [0.3, 0.4) is 0 Å². The summed E-state index contributed by atoms with van der Waals surface area (Å²) in [5, 5.41) is 0. The molecule has 0 spiro atoms. The van der Waals surface area contributed by atoms with E-state index < -0.39 is 10.0 Å². The summed E-state index contributed by atoms with van der Waals surface area (Å²) < 4.78 is 33.3. The standard InChI is InChI=1S/C16H21N3O3S/c1-11-9-12(16(2,3)4)14(22-5)13(10-11)23(20,21)19-15-17-7-6-8-18-15/h6-10H,1-5H3,(H,17,18,19). The van der Waals surface area contributed by atoms with E-state index >= 15 is 0 Å². The summed E-state index contributed by atoms with van der Waals surface area (Å²) in [5.74, 6) is 0.361. The molecule has 0 atom stereocenters. The molecular weight excluding hydrogens is 314 g/mol. The maximum atomic E-state index is 12.7. The predicted octanol–water partition coefficient (Wildman–Crippen LogP) is 2.89. The number of methoxy groups -OCH3 is 1. The molecule has 1 aromatic heterocycles. The molecule has 0 fully saturated rings. The highest BCUT2D eigenvalue weighted by Gasteiger charge is 2.28. The largest absolute Gasteiger partial charge is 0.495 e. The second kappa shape index (κ2) is 6.16. The number of ether oxygens (including phenoxy) is 1. The van der Waals surface area contributed by atoms with Gasteiger partial charge in [0.05, 0.1) is 7.11 Å². The van der Waals surface area contributed by atoms with Crippen molar-refractivity contribution in [3.63, 3.8) is 0 Å². The van der Waals surface area contributed by atoms with Crippen molar-refractivity contribution in [3.05, 3.63) is 41.7 Å². The molecule has 0 unspecified atom stereocenters. The van der Waals surface area contributed by atoms with Crippen LogP contribution >= 0.6 is 0 Å². The van der Waals surface area contributed by atoms with Gasteiger partial charge in [0.1, 0.15) is 10.6 Å². The van der Waals surface area contributed by atoms with E-state index in [1.807, 2.05) is 33.8 Å². The maximum absolute atomic E-state index is 12.7. The Labute approximate surface area is 137 Å². The average molecular weight is 335 g/mol. The number of hydrogen-bond acceptors (Lipinski definition) is 5. The highest BCUT2D eigenvalue weighted by atomic mass is 32.2. The fraction of sp³-hybridized carbons (Fsp3) is 0.375. The summed E-state index contributed by atoms with van der Waals surface area (Å²) in [5.41, 5.74) is 1.41. The molecule has 0 radical (unpaired) electrons. The smallest absolute Gasteiger partial charge is 0.267 e. The maximum Gasteiger partial charge on any atom is 0.267 e. The first-order chi connectivity index (χ1) is 10.6. The number of anilines is 1. The molecule has 6 nitrogen and oxygen atoms in total. The Kier molecular flexibility index (Phi) is 4.61. The van der Waals surface area contributed by atoms with Crippen molar-refractivity contribution in [2.75, 3.05) is 11.8 Å². The molecular formula is C16H21N3O3S. The van der Waals surface area contributed by atoms with Crippen LogP contribution in [0.1, 0.15) is 31.9 Å². The van der Waals surface area contributed by atoms with Crippen molar-refractivity contribution in [2.45, 2.75) is 38.0 Å². The number of nitrogens with zero attached hydrogens (tertiary/aromatic N) is 2. The molecule has 0 aliphatic heterocycles. The second-order valence-corrected chi connectivity index (χ2v) is 7.92. The molecule has 0 bridgehead atoms. The Morgan fingerprint density at radius 2 is 1.74 bits per heavy atom. The van der Waals surface area contributed by atoms with Gasteiger partial charge < -0.3 is 4.74 Å². The van der Waals surface area contributed by atoms with Crippen LogP contribution in [-0.4, -0.2) is 25.5 Å². The van der Waals surface area contributed by atoms with Crippen molar-refractivity contribution in [3.8, 4) is 5.75 Å². The van der Waals surface area contributed by atoms with E-state index in [0.717, 1.165) is 11.1 Å². The Morgan fingerprint density at radius 1 is 1.13 bits per heavy atom. The van der Waals surface area contributed by atoms with E-state index in [2.05, 4.69) is 14.7 Å². The first-order valence-electron chi connectivity index (χ1n) is 7.14. The van der Waals surface area contributed by atoms with Crippen molar-refractivity contribution in [1.29, 1.82) is 0 Å². The molecule has 1 heterocycles. The number of aryl methyl sites for hydroxylation is 1. The quantitative estimate of drug-likeness (QED) is 0.929. The van der Waals surface area contributed by atoms with E-state index in [9.17, 15) is 8.42 Å². The first-order valence-corrected chi connectivity index (χ1v) is 8.62. The normalized spacial score (nSPS) is 12.0. The van der Waals surface area contributed by atoms with Gasteiger partial charge in [0.2, 0.25) is 5.95 Å². The lowest BCUT2D eigenvalue weighted by atomic mass is 9.85. The minimum absolute atomic E-state index is 0.0216. The van der Waals surface area contributed by atoms with Crippen LogP contribution in [0.4, 0.5) is 5.95 Å². The van der Waals surface area contributed by atoms with Gasteiger partial charge in [-0.2, -0.15) is 0 Å². The molecule has 2 rings (SSSR count). The summed E-state index contributed by atoms with van der Waals surface area (Å²) in [7, 11) is -2.39. The van der Waals surface area contributed by atoms with Gasteiger partial charge in [0.15, 0.2) is 0 Å². The number of aromatic nitrogens is 2. The third kappa shape index (κ3) is 3.79. The number of sulfonamides is 1. The lowest BCUT2D eigenvalue weighted by Gasteiger charge is -2.24. The monoisotopic (exact) mass is 335 g/mol. The molecule has 0 saturated carbocycles. The van der Waals surface area contributed by atoms with E-state index in [1.54, 1.807) is 12.1 Å². The van der Waals surface area contributed by atoms with Gasteiger partial charge >= 0.3 is 0 Å². The Hall–Kier alpha value is -2.15. The van der Waals surface area contributed by atoms with Crippen molar-refractivity contribution >= 4 is 16.0 Å². The lowest BCUT2D eigenvalue weighted by Crippen LogP contribution is -2.19. The Bertz CT molecular complexity index is 797. The number of hydrogen-bond donors (Lipinski definition) is 1. The van der Waals surface area contributed by atoms with Gasteiger partial charge in [-0.05, 0) is 30.0 Å². The summed E-state index contributed by atoms with van der Waals surface area (Å²) in [4.78, 5) is 7.87. The molecule has 0 aliphatic rings. The third-order valence-corrected chi connectivity index (χ3v) is 4.63. The number of benzene rings is 1. The van der Waals surface area contributed by atoms with E-state index in [4.69, 9.17) is 4.74 Å². The topological polar surface area (TPSA) is 81.2 Å². The molecule has 23 heavy (non-hydrogen) atoms. The SMILES string of the molecule is COc1c(C(C)(C)C)cc(C)cc1S(=O)(=O)Nc1ncccn1. The zero-order valence-corrected chi connectivity index (χ0v) is 14.7. The van der Waals surface area contributed by atoms with Crippen LogP contribution in [-0.2, 0) is 15.4 Å². The second-order valence-electron chi connectivity index (χ2n) is 6.27. The molecule has 0 saturated heterocycles. The molecule has 0 aliphatic carbocycles. The van der Waals surface area contributed by atoms with Crippen LogP contribution in [0.15, 0.2) is 35.5 Å². The third-order valence-electron chi connectivity index (χ3n) is 3.29. The zero-order chi connectivity index (χ0) is 17.3. The van der Waals surface area contributed by atoms with E-state index in [-0.39, 0.29) is 16.3 Å². The van der Waals surface area contributed by atoms with E-state index in [1.165, 1.54) is 19.5 Å². The Morgan fingerprint density at radius 3 is 2.26 bits per heavy atom. The van der Waals surface area contributed by atoms with Crippen molar-refractivity contribution in [2.24, 2.45) is 0 Å². The van der Waals surface area contributed by atoms with Crippen molar-refractivity contribution < 1.29 is 13.2 Å². The van der Waals surface area contributed by atoms with Gasteiger partial charge in [-0.25, -0.2) is 23.1 Å². The average Bonchev–Trinajstić information content (AvgIpc) is 2.46. The predicted molar refractivity (Wildman–Crippen MR) is 89.3 cm³/mol. The van der Waals surface area contributed by atoms with Gasteiger partial charge in [-0.1, -0.05) is 26.8 Å². The Balaban J connectivity index is 2.60. The fourth-order valence-electron chi connectivity index (χ4n) is 2.23. The molecule has 7 heteroatoms. The zero-order valence-electron chi connectivity index (χ0n) is 13.9. The van der Waals surface area contributed by atoms with Crippen LogP contribution in [0.2, 0.25) is 0 Å². The lowest BCUT2D eigenvalue weighted by molar-refractivity contribution is 0.385. The molecule has 1 N–H and O–H groups in total. The summed E-state index contributed by atoms with van der Waals surface area (Å²) >= 11 is 0. The van der Waals surface area contributed by atoms with Crippen LogP contribution < -0.4 is 9.46 Å².